The molecule has 0 amide bonds. The minimum atomic E-state index is -4.53. The van der Waals surface area contributed by atoms with Crippen LogP contribution in [0.15, 0.2) is 36.5 Å². The molecule has 0 saturated heterocycles. The third-order valence-corrected chi connectivity index (χ3v) is 10.2. The van der Waals surface area contributed by atoms with E-state index in [0.29, 0.717) is 24.1 Å². The summed E-state index contributed by atoms with van der Waals surface area (Å²) in [6, 6.07) is 0. The summed E-state index contributed by atoms with van der Waals surface area (Å²) in [4.78, 5) is 25.0. The Morgan fingerprint density at radius 1 is 0.604 bits per heavy atom. The van der Waals surface area contributed by atoms with Gasteiger partial charge in [-0.05, 0) is 44.9 Å². The molecule has 0 bridgehead atoms. The molecule has 0 radical (unpaired) electrons. The number of ether oxygens (including phenoxy) is 2. The fourth-order valence-electron chi connectivity index (χ4n) is 5.85. The second-order valence-corrected chi connectivity index (χ2v) is 17.1. The maximum atomic E-state index is 12.7. The molecule has 0 aliphatic rings. The topological polar surface area (TPSA) is 94.1 Å². The van der Waals surface area contributed by atoms with E-state index in [2.05, 4.69) is 50.3 Å². The first-order valence-corrected chi connectivity index (χ1v) is 23.2. The van der Waals surface area contributed by atoms with E-state index >= 15 is 0 Å². The molecule has 0 rings (SSSR count). The Balaban J connectivity index is 4.25. The molecule has 0 aliphatic carbocycles. The van der Waals surface area contributed by atoms with Crippen molar-refractivity contribution in [1.29, 1.82) is 0 Å². The molecule has 0 aromatic heterocycles. The van der Waals surface area contributed by atoms with E-state index in [0.717, 1.165) is 70.6 Å². The predicted molar refractivity (Wildman–Crippen MR) is 222 cm³/mol. The molecule has 0 saturated carbocycles. The van der Waals surface area contributed by atoms with Crippen molar-refractivity contribution in [3.8, 4) is 0 Å². The van der Waals surface area contributed by atoms with Gasteiger partial charge in [0.1, 0.15) is 19.3 Å². The molecule has 0 fully saturated rings. The normalized spacial score (nSPS) is 14.2. The lowest BCUT2D eigenvalue weighted by Gasteiger charge is -2.28. The summed E-state index contributed by atoms with van der Waals surface area (Å²) in [5.74, 6) is -0.350. The van der Waals surface area contributed by atoms with Crippen molar-refractivity contribution in [3.05, 3.63) is 36.5 Å². The van der Waals surface area contributed by atoms with Crippen LogP contribution in [0.2, 0.25) is 0 Å². The maximum absolute atomic E-state index is 12.7. The number of unbranched alkanes of at least 4 members (excludes halogenated alkanes) is 20. The Labute approximate surface area is 327 Å². The molecule has 0 aromatic rings. The van der Waals surface area contributed by atoms with Crippen LogP contribution < -0.4 is 4.89 Å². The highest BCUT2D eigenvalue weighted by Crippen LogP contribution is 2.38. The standard InChI is InChI=1S/C44H84NO7P/c1-6-8-10-12-14-16-18-20-22-24-26-28-30-32-34-36-39-49-41-43(42-51-53(47,48)50-40-38-45(3,4)5)52-44(46)37-35-33-31-29-27-25-23-21-19-17-15-13-11-9-7-2/h9,11,15,17,21,23,43H,6-8,10,12-14,16,18-20,22,24-42H2,1-5H3/b11-9-,17-15-,23-21-. The van der Waals surface area contributed by atoms with Crippen LogP contribution in [0.5, 0.6) is 0 Å². The van der Waals surface area contributed by atoms with Crippen LogP contribution in [0.3, 0.4) is 0 Å². The highest BCUT2D eigenvalue weighted by molar-refractivity contribution is 7.45. The molecule has 2 atom stereocenters. The minimum Gasteiger partial charge on any atom is -0.756 e. The number of likely N-dealkylation sites (N-methyl/N-ethyl adjacent to an activating group) is 1. The van der Waals surface area contributed by atoms with Crippen LogP contribution in [0.25, 0.3) is 0 Å². The Morgan fingerprint density at radius 2 is 1.09 bits per heavy atom. The van der Waals surface area contributed by atoms with Gasteiger partial charge in [-0.25, -0.2) is 0 Å². The molecule has 9 heteroatoms. The van der Waals surface area contributed by atoms with Gasteiger partial charge in [0.15, 0.2) is 0 Å². The van der Waals surface area contributed by atoms with E-state index in [9.17, 15) is 14.3 Å². The van der Waals surface area contributed by atoms with Gasteiger partial charge in [-0.1, -0.05) is 166 Å². The van der Waals surface area contributed by atoms with Crippen molar-refractivity contribution >= 4 is 13.8 Å². The largest absolute Gasteiger partial charge is 0.756 e. The number of hydrogen-bond donors (Lipinski definition) is 0. The van der Waals surface area contributed by atoms with E-state index < -0.39 is 13.9 Å². The average molecular weight is 770 g/mol. The van der Waals surface area contributed by atoms with Gasteiger partial charge in [0.25, 0.3) is 7.82 Å². The number of allylic oxidation sites excluding steroid dienone is 6. The summed E-state index contributed by atoms with van der Waals surface area (Å²) in [5, 5.41) is 0. The van der Waals surface area contributed by atoms with Crippen LogP contribution in [0, 0.1) is 0 Å². The van der Waals surface area contributed by atoms with Gasteiger partial charge in [0.2, 0.25) is 0 Å². The van der Waals surface area contributed by atoms with E-state index in [1.54, 1.807) is 0 Å². The van der Waals surface area contributed by atoms with Crippen molar-refractivity contribution in [2.75, 3.05) is 54.1 Å². The number of hydrogen-bond acceptors (Lipinski definition) is 7. The first-order chi connectivity index (χ1) is 25.6. The lowest BCUT2D eigenvalue weighted by molar-refractivity contribution is -0.870. The number of phosphoric acid groups is 1. The lowest BCUT2D eigenvalue weighted by atomic mass is 10.0. The summed E-state index contributed by atoms with van der Waals surface area (Å²) in [6.07, 6.45) is 42.9. The molecular formula is C44H84NO7P. The number of carbonyl (C=O) groups excluding carboxylic acids is 1. The van der Waals surface area contributed by atoms with Gasteiger partial charge in [-0.3, -0.25) is 9.36 Å². The van der Waals surface area contributed by atoms with Gasteiger partial charge in [-0.2, -0.15) is 0 Å². The third-order valence-electron chi connectivity index (χ3n) is 9.21. The highest BCUT2D eigenvalue weighted by Gasteiger charge is 2.20. The van der Waals surface area contributed by atoms with Crippen molar-refractivity contribution in [2.24, 2.45) is 0 Å². The van der Waals surface area contributed by atoms with Gasteiger partial charge in [0.05, 0.1) is 34.4 Å². The smallest absolute Gasteiger partial charge is 0.306 e. The molecular weight excluding hydrogens is 685 g/mol. The SMILES string of the molecule is CC/C=C\C/C=C\C/C=C\CCCCCCCC(=O)OC(COCCCCCCCCCCCCCCCCCC)COP(=O)([O-])OCC[N+](C)(C)C. The summed E-state index contributed by atoms with van der Waals surface area (Å²) >= 11 is 0. The molecule has 0 aromatic carbocycles. The van der Waals surface area contributed by atoms with E-state index in [4.69, 9.17) is 18.5 Å². The molecule has 2 unspecified atom stereocenters. The fourth-order valence-corrected chi connectivity index (χ4v) is 6.58. The lowest BCUT2D eigenvalue weighted by Crippen LogP contribution is -2.37. The van der Waals surface area contributed by atoms with Crippen molar-refractivity contribution in [3.63, 3.8) is 0 Å². The first kappa shape index (κ1) is 51.7. The van der Waals surface area contributed by atoms with Gasteiger partial charge in [0, 0.05) is 13.0 Å². The third kappa shape index (κ3) is 41.7. The minimum absolute atomic E-state index is 0.0231. The van der Waals surface area contributed by atoms with Crippen molar-refractivity contribution in [2.45, 2.75) is 187 Å². The second-order valence-electron chi connectivity index (χ2n) is 15.7. The molecule has 53 heavy (non-hydrogen) atoms. The second kappa shape index (κ2) is 37.6. The highest BCUT2D eigenvalue weighted by atomic mass is 31.2. The Bertz CT molecular complexity index is 947. The molecule has 0 N–H and O–H groups in total. The average Bonchev–Trinajstić information content (AvgIpc) is 3.11. The zero-order valence-electron chi connectivity index (χ0n) is 35.2. The Hall–Kier alpha value is -1.28. The van der Waals surface area contributed by atoms with Crippen LogP contribution in [-0.2, 0) is 27.9 Å². The fraction of sp³-hybridized carbons (Fsp3) is 0.841. The Morgan fingerprint density at radius 3 is 1.64 bits per heavy atom. The number of quaternary nitrogens is 1. The van der Waals surface area contributed by atoms with Crippen molar-refractivity contribution < 1.29 is 37.3 Å². The summed E-state index contributed by atoms with van der Waals surface area (Å²) in [7, 11) is 1.35. The van der Waals surface area contributed by atoms with Gasteiger partial charge < -0.3 is 27.9 Å². The van der Waals surface area contributed by atoms with E-state index in [1.165, 1.54) is 89.9 Å². The molecule has 8 nitrogen and oxygen atoms in total. The van der Waals surface area contributed by atoms with Crippen LogP contribution in [0.4, 0.5) is 0 Å². The molecule has 0 spiro atoms. The number of phosphoric ester groups is 1. The number of rotatable bonds is 40. The number of carbonyl (C=O) groups is 1. The summed E-state index contributed by atoms with van der Waals surface area (Å²) < 4.78 is 34.6. The predicted octanol–water partition coefficient (Wildman–Crippen LogP) is 12.0. The molecule has 0 heterocycles. The van der Waals surface area contributed by atoms with Crippen LogP contribution in [0.1, 0.15) is 181 Å². The monoisotopic (exact) mass is 770 g/mol. The number of esters is 1. The van der Waals surface area contributed by atoms with Gasteiger partial charge >= 0.3 is 5.97 Å². The quantitative estimate of drug-likeness (QED) is 0.0201. The van der Waals surface area contributed by atoms with Gasteiger partial charge in [-0.15, -0.1) is 0 Å². The van der Waals surface area contributed by atoms with E-state index in [-0.39, 0.29) is 25.8 Å². The van der Waals surface area contributed by atoms with Crippen molar-refractivity contribution in [1.82, 2.24) is 0 Å². The summed E-state index contributed by atoms with van der Waals surface area (Å²) in [6.45, 7) is 5.29. The van der Waals surface area contributed by atoms with E-state index in [1.807, 2.05) is 21.1 Å². The molecule has 0 aliphatic heterocycles. The number of nitrogens with zero attached hydrogens (tertiary/aromatic N) is 1. The molecule has 312 valence electrons. The first-order valence-electron chi connectivity index (χ1n) is 21.7. The van der Waals surface area contributed by atoms with Crippen LogP contribution in [-0.4, -0.2) is 70.7 Å². The maximum Gasteiger partial charge on any atom is 0.306 e. The Kier molecular flexibility index (Phi) is 36.7. The van der Waals surface area contributed by atoms with Crippen LogP contribution >= 0.6 is 7.82 Å². The summed E-state index contributed by atoms with van der Waals surface area (Å²) in [5.41, 5.74) is 0. The zero-order chi connectivity index (χ0) is 39.1. The zero-order valence-corrected chi connectivity index (χ0v) is 36.1.